The van der Waals surface area contributed by atoms with Gasteiger partial charge in [-0.15, -0.1) is 0 Å². The number of cyclic esters (lactones) is 1. The monoisotopic (exact) mass is 302 g/mol. The Kier molecular flexibility index (Phi) is 4.46. The first-order valence-electron chi connectivity index (χ1n) is 6.20. The predicted octanol–water partition coefficient (Wildman–Crippen LogP) is 1.29. The molecule has 114 valence electrons. The van der Waals surface area contributed by atoms with Crippen LogP contribution in [0, 0.1) is 17.5 Å². The standard InChI is InChI=1S/C13H13F3N2O3/c1-18(9-4-5-21-13(9)20)6-10(19)17-8-3-2-7(14)11(15)12(8)16/h2-3,9H,4-6H2,1H3,(H,17,19)/t9-/m1/s1. The molecule has 2 rings (SSSR count). The summed E-state index contributed by atoms with van der Waals surface area (Å²) in [6, 6.07) is 1.10. The highest BCUT2D eigenvalue weighted by Crippen LogP contribution is 2.19. The van der Waals surface area contributed by atoms with Crippen LogP contribution in [0.1, 0.15) is 6.42 Å². The van der Waals surface area contributed by atoms with Crippen LogP contribution in [0.25, 0.3) is 0 Å². The van der Waals surface area contributed by atoms with Crippen LogP contribution in [0.5, 0.6) is 0 Å². The number of carbonyl (C=O) groups excluding carboxylic acids is 2. The first-order chi connectivity index (χ1) is 9.90. The smallest absolute Gasteiger partial charge is 0.323 e. The Morgan fingerprint density at radius 1 is 1.38 bits per heavy atom. The quantitative estimate of drug-likeness (QED) is 0.672. The molecule has 1 aromatic rings. The average Bonchev–Trinajstić information content (AvgIpc) is 2.86. The van der Waals surface area contributed by atoms with Gasteiger partial charge >= 0.3 is 5.97 Å². The van der Waals surface area contributed by atoms with Crippen molar-refractivity contribution in [3.8, 4) is 0 Å². The third-order valence-corrected chi connectivity index (χ3v) is 3.14. The largest absolute Gasteiger partial charge is 0.464 e. The third kappa shape index (κ3) is 3.33. The summed E-state index contributed by atoms with van der Waals surface area (Å²) in [5, 5.41) is 2.13. The van der Waals surface area contributed by atoms with Crippen LogP contribution >= 0.6 is 0 Å². The number of esters is 1. The Bertz CT molecular complexity index is 580. The van der Waals surface area contributed by atoms with Crippen molar-refractivity contribution in [2.75, 3.05) is 25.5 Å². The van der Waals surface area contributed by atoms with Crippen LogP contribution in [0.15, 0.2) is 12.1 Å². The number of ether oxygens (including phenoxy) is 1. The van der Waals surface area contributed by atoms with E-state index in [-0.39, 0.29) is 13.2 Å². The molecule has 1 N–H and O–H groups in total. The minimum Gasteiger partial charge on any atom is -0.464 e. The molecule has 1 heterocycles. The lowest BCUT2D eigenvalue weighted by Crippen LogP contribution is -2.40. The second kappa shape index (κ2) is 6.13. The molecule has 1 aliphatic heterocycles. The lowest BCUT2D eigenvalue weighted by Gasteiger charge is -2.20. The van der Waals surface area contributed by atoms with E-state index >= 15 is 0 Å². The molecule has 1 saturated heterocycles. The van der Waals surface area contributed by atoms with Crippen LogP contribution in [-0.4, -0.2) is 43.0 Å². The van der Waals surface area contributed by atoms with Gasteiger partial charge in [-0.05, 0) is 19.2 Å². The zero-order valence-corrected chi connectivity index (χ0v) is 11.2. The Hall–Kier alpha value is -2.09. The third-order valence-electron chi connectivity index (χ3n) is 3.14. The molecule has 21 heavy (non-hydrogen) atoms. The maximum absolute atomic E-state index is 13.4. The number of hydrogen-bond acceptors (Lipinski definition) is 4. The van der Waals surface area contributed by atoms with E-state index in [1.54, 1.807) is 7.05 Å². The second-order valence-corrected chi connectivity index (χ2v) is 4.66. The molecule has 0 aromatic heterocycles. The molecule has 5 nitrogen and oxygen atoms in total. The van der Waals surface area contributed by atoms with Crippen LogP contribution in [0.2, 0.25) is 0 Å². The van der Waals surface area contributed by atoms with E-state index in [0.717, 1.165) is 6.07 Å². The topological polar surface area (TPSA) is 58.6 Å². The SMILES string of the molecule is CN(CC(=O)Nc1ccc(F)c(F)c1F)[C@@H]1CCOC1=O. The number of likely N-dealkylation sites (N-methyl/N-ethyl adjacent to an activating group) is 1. The second-order valence-electron chi connectivity index (χ2n) is 4.66. The normalized spacial score (nSPS) is 18.0. The fourth-order valence-corrected chi connectivity index (χ4v) is 2.03. The van der Waals surface area contributed by atoms with Crippen molar-refractivity contribution in [3.05, 3.63) is 29.6 Å². The number of halogens is 3. The van der Waals surface area contributed by atoms with Gasteiger partial charge in [-0.2, -0.15) is 0 Å². The number of amides is 1. The summed E-state index contributed by atoms with van der Waals surface area (Å²) in [4.78, 5) is 24.5. The summed E-state index contributed by atoms with van der Waals surface area (Å²) in [7, 11) is 1.54. The molecule has 1 atom stereocenters. The van der Waals surface area contributed by atoms with Gasteiger partial charge in [0.15, 0.2) is 17.5 Å². The molecular weight excluding hydrogens is 289 g/mol. The summed E-state index contributed by atoms with van der Waals surface area (Å²) in [5.74, 6) is -5.53. The highest BCUT2D eigenvalue weighted by molar-refractivity contribution is 5.92. The molecule has 0 bridgehead atoms. The lowest BCUT2D eigenvalue weighted by atomic mass is 10.2. The van der Waals surface area contributed by atoms with Gasteiger partial charge in [0.1, 0.15) is 6.04 Å². The van der Waals surface area contributed by atoms with Gasteiger partial charge in [-0.25, -0.2) is 13.2 Å². The van der Waals surface area contributed by atoms with E-state index in [1.807, 2.05) is 0 Å². The van der Waals surface area contributed by atoms with Gasteiger partial charge < -0.3 is 10.1 Å². The molecule has 1 aliphatic rings. The van der Waals surface area contributed by atoms with Crippen LogP contribution in [0.3, 0.4) is 0 Å². The zero-order valence-electron chi connectivity index (χ0n) is 11.2. The Labute approximate surface area is 118 Å². The number of rotatable bonds is 4. The van der Waals surface area contributed by atoms with Gasteiger partial charge in [0, 0.05) is 6.42 Å². The molecule has 0 saturated carbocycles. The molecule has 0 spiro atoms. The molecule has 1 amide bonds. The Balaban J connectivity index is 1.99. The van der Waals surface area contributed by atoms with Gasteiger partial charge in [0.25, 0.3) is 0 Å². The van der Waals surface area contributed by atoms with Crippen molar-refractivity contribution < 1.29 is 27.5 Å². The molecule has 0 unspecified atom stereocenters. The van der Waals surface area contributed by atoms with Gasteiger partial charge in [-0.3, -0.25) is 14.5 Å². The van der Waals surface area contributed by atoms with E-state index in [1.165, 1.54) is 4.90 Å². The first kappa shape index (κ1) is 15.3. The first-order valence-corrected chi connectivity index (χ1v) is 6.20. The van der Waals surface area contributed by atoms with E-state index < -0.39 is 41.1 Å². The van der Waals surface area contributed by atoms with Crippen molar-refractivity contribution in [3.63, 3.8) is 0 Å². The Morgan fingerprint density at radius 3 is 2.71 bits per heavy atom. The maximum atomic E-state index is 13.4. The van der Waals surface area contributed by atoms with Crippen LogP contribution in [0.4, 0.5) is 18.9 Å². The number of hydrogen-bond donors (Lipinski definition) is 1. The molecule has 0 radical (unpaired) electrons. The van der Waals surface area contributed by atoms with E-state index in [9.17, 15) is 22.8 Å². The number of anilines is 1. The van der Waals surface area contributed by atoms with Crippen molar-refractivity contribution in [2.45, 2.75) is 12.5 Å². The summed E-state index contributed by atoms with van der Waals surface area (Å²) in [6.45, 7) is 0.0749. The minimum absolute atomic E-state index is 0.210. The van der Waals surface area contributed by atoms with Gasteiger partial charge in [0.2, 0.25) is 5.91 Å². The van der Waals surface area contributed by atoms with E-state index in [2.05, 4.69) is 5.32 Å². The van der Waals surface area contributed by atoms with Crippen LogP contribution < -0.4 is 5.32 Å². The predicted molar refractivity (Wildman–Crippen MR) is 66.9 cm³/mol. The minimum atomic E-state index is -1.65. The van der Waals surface area contributed by atoms with Crippen molar-refractivity contribution in [1.29, 1.82) is 0 Å². The van der Waals surface area contributed by atoms with Gasteiger partial charge in [-0.1, -0.05) is 0 Å². The summed E-state index contributed by atoms with van der Waals surface area (Å²) in [5.41, 5.74) is -0.457. The highest BCUT2D eigenvalue weighted by atomic mass is 19.2. The van der Waals surface area contributed by atoms with E-state index in [0.29, 0.717) is 12.5 Å². The number of nitrogens with one attached hydrogen (secondary N) is 1. The molecule has 1 fully saturated rings. The zero-order chi connectivity index (χ0) is 15.6. The average molecular weight is 302 g/mol. The van der Waals surface area contributed by atoms with Crippen molar-refractivity contribution in [2.24, 2.45) is 0 Å². The number of carbonyl (C=O) groups is 2. The van der Waals surface area contributed by atoms with Crippen LogP contribution in [-0.2, 0) is 14.3 Å². The maximum Gasteiger partial charge on any atom is 0.323 e. The lowest BCUT2D eigenvalue weighted by molar-refractivity contribution is -0.142. The summed E-state index contributed by atoms with van der Waals surface area (Å²) in [6.07, 6.45) is 0.460. The molecule has 8 heteroatoms. The number of benzene rings is 1. The fourth-order valence-electron chi connectivity index (χ4n) is 2.03. The molecule has 0 aliphatic carbocycles. The summed E-state index contributed by atoms with van der Waals surface area (Å²) >= 11 is 0. The van der Waals surface area contributed by atoms with Crippen molar-refractivity contribution in [1.82, 2.24) is 4.90 Å². The Morgan fingerprint density at radius 2 is 2.10 bits per heavy atom. The van der Waals surface area contributed by atoms with Crippen molar-refractivity contribution >= 4 is 17.6 Å². The fraction of sp³-hybridized carbons (Fsp3) is 0.385. The summed E-state index contributed by atoms with van der Waals surface area (Å²) < 4.78 is 44.0. The molecular formula is C13H13F3N2O3. The molecule has 1 aromatic carbocycles. The van der Waals surface area contributed by atoms with Gasteiger partial charge in [0.05, 0.1) is 18.8 Å². The van der Waals surface area contributed by atoms with E-state index in [4.69, 9.17) is 4.74 Å². The highest BCUT2D eigenvalue weighted by Gasteiger charge is 2.31. The number of nitrogens with zero attached hydrogens (tertiary/aromatic N) is 1.